The van der Waals surface area contributed by atoms with Crippen LogP contribution >= 0.6 is 0 Å². The van der Waals surface area contributed by atoms with Crippen molar-refractivity contribution in [2.45, 2.75) is 46.5 Å². The standard InChI is InChI=1S/C10H16O.C3H4O4/c1-9(2)7-4-5-10(9,3)8(11)6-7;4-2(5)1-3(6)7/h7H,4-6H2,1-3H3;1H2,(H,4,5)(H,6,7). The van der Waals surface area contributed by atoms with Crippen LogP contribution in [-0.4, -0.2) is 27.9 Å². The Bertz CT molecular complexity index is 373. The number of carboxylic acid groups (broad SMARTS) is 2. The molecule has 18 heavy (non-hydrogen) atoms. The second-order valence-corrected chi connectivity index (χ2v) is 5.88. The van der Waals surface area contributed by atoms with Gasteiger partial charge in [0.2, 0.25) is 0 Å². The molecule has 5 nitrogen and oxygen atoms in total. The number of Topliss-reactive ketones (excluding diaryl/α,β-unsaturated/α-hetero) is 1. The first-order valence-corrected chi connectivity index (χ1v) is 6.08. The molecular weight excluding hydrogens is 236 g/mol. The molecule has 2 fully saturated rings. The molecule has 0 saturated heterocycles. The Morgan fingerprint density at radius 2 is 1.72 bits per heavy atom. The highest BCUT2D eigenvalue weighted by Gasteiger charge is 2.61. The second-order valence-electron chi connectivity index (χ2n) is 5.88. The summed E-state index contributed by atoms with van der Waals surface area (Å²) in [6.07, 6.45) is 2.45. The largest absolute Gasteiger partial charge is 0.481 e. The first-order valence-electron chi connectivity index (χ1n) is 6.08. The van der Waals surface area contributed by atoms with Crippen LogP contribution in [0.4, 0.5) is 0 Å². The van der Waals surface area contributed by atoms with Crippen LogP contribution in [0.2, 0.25) is 0 Å². The summed E-state index contributed by atoms with van der Waals surface area (Å²) in [5.41, 5.74) is 0.307. The summed E-state index contributed by atoms with van der Waals surface area (Å²) < 4.78 is 0. The van der Waals surface area contributed by atoms with Crippen LogP contribution in [0.3, 0.4) is 0 Å². The lowest BCUT2D eigenvalue weighted by atomic mass is 9.70. The Hall–Kier alpha value is -1.39. The maximum absolute atomic E-state index is 11.6. The van der Waals surface area contributed by atoms with Crippen molar-refractivity contribution in [2.75, 3.05) is 0 Å². The molecule has 2 rings (SSSR count). The molecule has 0 aromatic carbocycles. The molecular formula is C13H20O5. The molecule has 0 radical (unpaired) electrons. The normalized spacial score (nSPS) is 31.7. The van der Waals surface area contributed by atoms with E-state index in [4.69, 9.17) is 10.2 Å². The van der Waals surface area contributed by atoms with Gasteiger partial charge in [0.1, 0.15) is 12.2 Å². The minimum absolute atomic E-state index is 0.0255. The number of carboxylic acids is 2. The van der Waals surface area contributed by atoms with Crippen molar-refractivity contribution in [3.8, 4) is 0 Å². The van der Waals surface area contributed by atoms with E-state index in [1.807, 2.05) is 0 Å². The molecule has 2 aliphatic rings. The Kier molecular flexibility index (Phi) is 3.84. The smallest absolute Gasteiger partial charge is 0.314 e. The summed E-state index contributed by atoms with van der Waals surface area (Å²) >= 11 is 0. The fourth-order valence-electron chi connectivity index (χ4n) is 3.03. The quantitative estimate of drug-likeness (QED) is 0.737. The molecule has 0 spiro atoms. The van der Waals surface area contributed by atoms with Crippen molar-refractivity contribution < 1.29 is 24.6 Å². The Morgan fingerprint density at radius 1 is 1.22 bits per heavy atom. The van der Waals surface area contributed by atoms with Gasteiger partial charge >= 0.3 is 11.9 Å². The van der Waals surface area contributed by atoms with Crippen molar-refractivity contribution in [3.63, 3.8) is 0 Å². The van der Waals surface area contributed by atoms with Crippen molar-refractivity contribution in [3.05, 3.63) is 0 Å². The number of hydrogen-bond donors (Lipinski definition) is 2. The van der Waals surface area contributed by atoms with E-state index in [-0.39, 0.29) is 10.8 Å². The lowest BCUT2D eigenvalue weighted by molar-refractivity contribution is -0.147. The van der Waals surface area contributed by atoms with Gasteiger partial charge in [-0.2, -0.15) is 0 Å². The maximum Gasteiger partial charge on any atom is 0.314 e. The van der Waals surface area contributed by atoms with E-state index < -0.39 is 18.4 Å². The fraction of sp³-hybridized carbons (Fsp3) is 0.769. The summed E-state index contributed by atoms with van der Waals surface area (Å²) in [6.45, 7) is 6.67. The van der Waals surface area contributed by atoms with Gasteiger partial charge in [0, 0.05) is 11.8 Å². The third kappa shape index (κ3) is 2.40. The second kappa shape index (κ2) is 4.71. The Labute approximate surface area is 106 Å². The molecule has 2 bridgehead atoms. The number of aliphatic carboxylic acids is 2. The molecule has 0 heterocycles. The van der Waals surface area contributed by atoms with Crippen LogP contribution in [0.25, 0.3) is 0 Å². The highest BCUT2D eigenvalue weighted by molar-refractivity contribution is 5.89. The third-order valence-electron chi connectivity index (χ3n) is 4.79. The van der Waals surface area contributed by atoms with Gasteiger partial charge in [-0.25, -0.2) is 0 Å². The zero-order valence-corrected chi connectivity index (χ0v) is 11.0. The summed E-state index contributed by atoms with van der Waals surface area (Å²) in [6, 6.07) is 0. The van der Waals surface area contributed by atoms with Crippen molar-refractivity contribution in [2.24, 2.45) is 16.7 Å². The van der Waals surface area contributed by atoms with Crippen molar-refractivity contribution in [1.82, 2.24) is 0 Å². The number of rotatable bonds is 2. The maximum atomic E-state index is 11.6. The van der Waals surface area contributed by atoms with E-state index in [9.17, 15) is 14.4 Å². The van der Waals surface area contributed by atoms with Crippen LogP contribution in [0.15, 0.2) is 0 Å². The molecule has 0 amide bonds. The van der Waals surface area contributed by atoms with E-state index in [1.165, 1.54) is 6.42 Å². The Balaban J connectivity index is 0.000000203. The van der Waals surface area contributed by atoms with Gasteiger partial charge in [-0.3, -0.25) is 14.4 Å². The molecule has 102 valence electrons. The Morgan fingerprint density at radius 3 is 1.83 bits per heavy atom. The third-order valence-corrected chi connectivity index (χ3v) is 4.79. The van der Waals surface area contributed by atoms with Crippen LogP contribution in [-0.2, 0) is 14.4 Å². The zero-order valence-electron chi connectivity index (χ0n) is 11.0. The summed E-state index contributed by atoms with van der Waals surface area (Å²) in [5.74, 6) is -1.43. The predicted molar refractivity (Wildman–Crippen MR) is 64.1 cm³/mol. The highest BCUT2D eigenvalue weighted by Crippen LogP contribution is 2.63. The van der Waals surface area contributed by atoms with E-state index >= 15 is 0 Å². The summed E-state index contributed by atoms with van der Waals surface area (Å²) in [4.78, 5) is 30.4. The average Bonchev–Trinajstić information content (AvgIpc) is 2.49. The van der Waals surface area contributed by atoms with Crippen molar-refractivity contribution in [1.29, 1.82) is 0 Å². The molecule has 2 aliphatic carbocycles. The molecule has 2 saturated carbocycles. The minimum Gasteiger partial charge on any atom is -0.481 e. The number of hydrogen-bond acceptors (Lipinski definition) is 3. The van der Waals surface area contributed by atoms with E-state index in [1.54, 1.807) is 0 Å². The first kappa shape index (κ1) is 14.7. The molecule has 5 heteroatoms. The van der Waals surface area contributed by atoms with Gasteiger partial charge < -0.3 is 10.2 Å². The highest BCUT2D eigenvalue weighted by atomic mass is 16.4. The van der Waals surface area contributed by atoms with Crippen LogP contribution in [0.5, 0.6) is 0 Å². The summed E-state index contributed by atoms with van der Waals surface area (Å²) in [5, 5.41) is 15.4. The van der Waals surface area contributed by atoms with Gasteiger partial charge in [-0.15, -0.1) is 0 Å². The van der Waals surface area contributed by atoms with Crippen LogP contribution < -0.4 is 0 Å². The monoisotopic (exact) mass is 256 g/mol. The minimum atomic E-state index is -1.31. The lowest BCUT2D eigenvalue weighted by Crippen LogP contribution is -2.32. The van der Waals surface area contributed by atoms with Crippen molar-refractivity contribution >= 4 is 17.7 Å². The number of fused-ring (bicyclic) bond motifs is 2. The first-order chi connectivity index (χ1) is 8.11. The molecule has 2 unspecified atom stereocenters. The van der Waals surface area contributed by atoms with E-state index in [0.717, 1.165) is 12.8 Å². The fourth-order valence-corrected chi connectivity index (χ4v) is 3.03. The number of ketones is 1. The van der Waals surface area contributed by atoms with Crippen LogP contribution in [0, 0.1) is 16.7 Å². The average molecular weight is 256 g/mol. The molecule has 2 N–H and O–H groups in total. The van der Waals surface area contributed by atoms with Gasteiger partial charge in [-0.1, -0.05) is 20.8 Å². The van der Waals surface area contributed by atoms with Gasteiger partial charge in [0.25, 0.3) is 0 Å². The molecule has 2 atom stereocenters. The van der Waals surface area contributed by atoms with Crippen LogP contribution in [0.1, 0.15) is 46.5 Å². The van der Waals surface area contributed by atoms with E-state index in [0.29, 0.717) is 11.7 Å². The topological polar surface area (TPSA) is 91.7 Å². The van der Waals surface area contributed by atoms with Gasteiger partial charge in [0.15, 0.2) is 0 Å². The molecule has 0 aromatic heterocycles. The lowest BCUT2D eigenvalue weighted by Gasteiger charge is -2.32. The zero-order chi connectivity index (χ0) is 14.1. The molecule has 0 aromatic rings. The number of carbonyl (C=O) groups excluding carboxylic acids is 1. The molecule has 0 aliphatic heterocycles. The SMILES string of the molecule is CC12CCC(CC1=O)C2(C)C.O=C(O)CC(=O)O. The predicted octanol–water partition coefficient (Wildman–Crippen LogP) is 1.95. The van der Waals surface area contributed by atoms with Gasteiger partial charge in [0.05, 0.1) is 0 Å². The summed E-state index contributed by atoms with van der Waals surface area (Å²) in [7, 11) is 0. The van der Waals surface area contributed by atoms with E-state index in [2.05, 4.69) is 20.8 Å². The number of carbonyl (C=O) groups is 3. The van der Waals surface area contributed by atoms with Gasteiger partial charge in [-0.05, 0) is 24.2 Å².